The average Bonchev–Trinajstić information content (AvgIpc) is 1.94. The molecule has 0 aliphatic rings. The van der Waals surface area contributed by atoms with Gasteiger partial charge < -0.3 is 0 Å². The molecule has 0 aromatic heterocycles. The Morgan fingerprint density at radius 2 is 0.667 bits per heavy atom. The van der Waals surface area contributed by atoms with E-state index in [4.69, 9.17) is 49.3 Å². The van der Waals surface area contributed by atoms with E-state index in [1.807, 2.05) is 0 Å². The summed E-state index contributed by atoms with van der Waals surface area (Å²) in [5, 5.41) is 0. The first-order valence-electron chi connectivity index (χ1n) is 2.93. The third-order valence-corrected chi connectivity index (χ3v) is 0. The van der Waals surface area contributed by atoms with Crippen LogP contribution >= 0.6 is 0 Å². The van der Waals surface area contributed by atoms with E-state index in [-0.39, 0.29) is 76.8 Å². The van der Waals surface area contributed by atoms with Crippen LogP contribution < -0.4 is 27.3 Å². The van der Waals surface area contributed by atoms with Crippen LogP contribution in [-0.2, 0) is 173 Å². The fourth-order valence-corrected chi connectivity index (χ4v) is 0. The quantitative estimate of drug-likeness (QED) is 0.204. The fraction of sp³-hybridized carbons (Fsp3) is 0. The van der Waals surface area contributed by atoms with Crippen molar-refractivity contribution in [2.24, 2.45) is 0 Å². The number of hydrogen-bond donors (Lipinski definition) is 0. The van der Waals surface area contributed by atoms with Crippen molar-refractivity contribution in [2.45, 2.75) is 0 Å². The molecular formula is Nb2Ni3O15PbTiZr2. The Balaban J connectivity index is -0.0000000161. The van der Waals surface area contributed by atoms with E-state index < -0.39 is 101 Å². The second kappa shape index (κ2) is 50.9. The van der Waals surface area contributed by atoms with Crippen molar-refractivity contribution in [3.05, 3.63) is 0 Å². The van der Waals surface area contributed by atoms with Crippen LogP contribution in [0.5, 0.6) is 0 Å². The summed E-state index contributed by atoms with van der Waals surface area (Å²) in [5.74, 6) is 0. The van der Waals surface area contributed by atoms with E-state index in [0.29, 0.717) is 0 Å². The van der Waals surface area contributed by atoms with E-state index in [1.54, 1.807) is 0 Å². The summed E-state index contributed by atoms with van der Waals surface area (Å²) in [6.45, 7) is 0. The molecule has 0 atom stereocenters. The molecule has 0 aromatic carbocycles. The maximum Gasteiger partial charge on any atom is 2.00 e. The second-order valence-corrected chi connectivity index (χ2v) is 6.63. The first kappa shape index (κ1) is 56.7. The molecule has 0 heterocycles. The zero-order chi connectivity index (χ0) is 17.9. The van der Waals surface area contributed by atoms with Crippen LogP contribution in [-0.4, -0.2) is 27.3 Å². The largest absolute Gasteiger partial charge is 2.00 e. The molecule has 0 N–H and O–H groups in total. The third kappa shape index (κ3) is 813. The van der Waals surface area contributed by atoms with Crippen molar-refractivity contribution in [1.29, 1.82) is 0 Å². The first-order chi connectivity index (χ1) is 8.66. The van der Waals surface area contributed by atoms with Crippen molar-refractivity contribution < 1.29 is 200 Å². The summed E-state index contributed by atoms with van der Waals surface area (Å²) in [6, 6.07) is 0. The van der Waals surface area contributed by atoms with Gasteiger partial charge in [-0.3, -0.25) is 0 Å². The maximum absolute atomic E-state index is 8.61. The Labute approximate surface area is 222 Å². The van der Waals surface area contributed by atoms with Crippen LogP contribution in [0.4, 0.5) is 0 Å². The Morgan fingerprint density at radius 3 is 0.667 bits per heavy atom. The van der Waals surface area contributed by atoms with Gasteiger partial charge in [-0.2, -0.15) is 0 Å². The van der Waals surface area contributed by atoms with Crippen LogP contribution in [0.1, 0.15) is 0 Å². The monoisotopic (exact) mass is 1040 g/mol. The fourth-order valence-electron chi connectivity index (χ4n) is 0. The Hall–Kier alpha value is 4.64. The second-order valence-electron chi connectivity index (χ2n) is 1.20. The summed E-state index contributed by atoms with van der Waals surface area (Å²) >= 11 is -21.1. The van der Waals surface area contributed by atoms with Gasteiger partial charge in [-0.15, -0.1) is 0 Å². The molecule has 0 unspecified atom stereocenters. The van der Waals surface area contributed by atoms with Crippen molar-refractivity contribution >= 4 is 27.3 Å². The Morgan fingerprint density at radius 1 is 0.667 bits per heavy atom. The molecule has 0 saturated heterocycles. The van der Waals surface area contributed by atoms with Gasteiger partial charge in [0.05, 0.1) is 0 Å². The molecule has 0 spiro atoms. The maximum atomic E-state index is 8.61. The van der Waals surface area contributed by atoms with Gasteiger partial charge >= 0.3 is 228 Å². The van der Waals surface area contributed by atoms with E-state index in [2.05, 4.69) is 0 Å². The molecule has 2 radical (unpaired) electrons. The molecule has 15 nitrogen and oxygen atoms in total. The summed E-state index contributed by atoms with van der Waals surface area (Å²) < 4.78 is 129. The summed E-state index contributed by atoms with van der Waals surface area (Å²) in [5.41, 5.74) is 0. The van der Waals surface area contributed by atoms with Crippen molar-refractivity contribution in [3.8, 4) is 0 Å². The van der Waals surface area contributed by atoms with Gasteiger partial charge in [0.15, 0.2) is 0 Å². The average molecular weight is 1040 g/mol. The Bertz CT molecular complexity index is 333. The van der Waals surface area contributed by atoms with E-state index in [9.17, 15) is 0 Å². The molecule has 0 aliphatic heterocycles. The number of rotatable bonds is 0. The predicted octanol–water partition coefficient (Wildman–Crippen LogP) is -10.7. The molecule has 0 aromatic rings. The van der Waals surface area contributed by atoms with Crippen molar-refractivity contribution in [1.82, 2.24) is 0 Å². The molecule has 146 valence electrons. The van der Waals surface area contributed by atoms with Crippen LogP contribution in [0, 0.1) is 0 Å². The smallest absolute Gasteiger partial charge is 2.00 e. The van der Waals surface area contributed by atoms with Crippen molar-refractivity contribution in [2.75, 3.05) is 0 Å². The molecular weight excluding hydrogens is 1040 g/mol. The van der Waals surface area contributed by atoms with Crippen LogP contribution in [0.25, 0.3) is 0 Å². The minimum absolute atomic E-state index is 0. The van der Waals surface area contributed by atoms with Gasteiger partial charge in [0, 0.05) is 0 Å². The number of hydrogen-bond acceptors (Lipinski definition) is 15. The van der Waals surface area contributed by atoms with E-state index >= 15 is 0 Å². The molecule has 24 heteroatoms. The van der Waals surface area contributed by atoms with Gasteiger partial charge in [0.25, 0.3) is 0 Å². The molecule has 0 amide bonds. The van der Waals surface area contributed by atoms with Crippen LogP contribution in [0.3, 0.4) is 0 Å². The SMILES string of the molecule is [Ni+2].[Ni+2].[Ni+2].[O]=[Nb](=[O])[O-].[O]=[Nb](=[O])[O-].[O]=[Ti]([O-])[O-].[O]=[Zr]([O-])[O-].[O]=[Zr]([O-])[O-].[Pb+2]. The van der Waals surface area contributed by atoms with Crippen molar-refractivity contribution in [3.63, 3.8) is 0 Å². The molecule has 0 rings (SSSR count). The van der Waals surface area contributed by atoms with Gasteiger partial charge in [-0.05, 0) is 0 Å². The predicted molar refractivity (Wildman–Crippen MR) is 10.6 cm³/mol. The van der Waals surface area contributed by atoms with Crippen LogP contribution in [0.2, 0.25) is 0 Å². The summed E-state index contributed by atoms with van der Waals surface area (Å²) in [6.07, 6.45) is 0. The minimum Gasteiger partial charge on any atom is 2.00 e. The molecule has 0 bridgehead atoms. The molecule has 0 saturated carbocycles. The van der Waals surface area contributed by atoms with Gasteiger partial charge in [-0.25, -0.2) is 0 Å². The molecule has 0 fully saturated rings. The first-order valence-corrected chi connectivity index (χ1v) is 16.3. The van der Waals surface area contributed by atoms with Gasteiger partial charge in [0.1, 0.15) is 0 Å². The standard InChI is InChI=1S/2Nb.3Ni.15O.Pb.Ti.2Zr/q;;3*+2;;;;;;;;8*-1;+2;;;. The topological polar surface area (TPSA) is 304 Å². The third-order valence-electron chi connectivity index (χ3n) is 0. The normalized spacial score (nSPS) is 5.33. The summed E-state index contributed by atoms with van der Waals surface area (Å²) in [4.78, 5) is 0. The van der Waals surface area contributed by atoms with Gasteiger partial charge in [0.2, 0.25) is 0 Å². The molecule has 24 heavy (non-hydrogen) atoms. The van der Waals surface area contributed by atoms with E-state index in [1.165, 1.54) is 0 Å². The summed E-state index contributed by atoms with van der Waals surface area (Å²) in [7, 11) is 0. The van der Waals surface area contributed by atoms with Crippen LogP contribution in [0.15, 0.2) is 0 Å². The van der Waals surface area contributed by atoms with Gasteiger partial charge in [-0.1, -0.05) is 0 Å². The Kier molecular flexibility index (Phi) is 120. The zero-order valence-electron chi connectivity index (χ0n) is 9.97. The molecule has 0 aliphatic carbocycles. The zero-order valence-corrected chi connectivity index (χ0v) is 27.7. The van der Waals surface area contributed by atoms with E-state index in [0.717, 1.165) is 0 Å². The minimum atomic E-state index is -4.29.